The van der Waals surface area contributed by atoms with Crippen molar-refractivity contribution >= 4 is 17.2 Å². The van der Waals surface area contributed by atoms with Crippen molar-refractivity contribution in [2.24, 2.45) is 0 Å². The summed E-state index contributed by atoms with van der Waals surface area (Å²) < 4.78 is 0. The highest BCUT2D eigenvalue weighted by Crippen LogP contribution is 2.26. The van der Waals surface area contributed by atoms with E-state index in [4.69, 9.17) is 0 Å². The smallest absolute Gasteiger partial charge is 0.224 e. The van der Waals surface area contributed by atoms with Gasteiger partial charge in [0.2, 0.25) is 5.91 Å². The third kappa shape index (κ3) is 4.42. The normalized spacial score (nSPS) is 12.8. The molecule has 1 atom stereocenters. The molecule has 18 heavy (non-hydrogen) atoms. The maximum atomic E-state index is 12.0. The van der Waals surface area contributed by atoms with E-state index in [0.29, 0.717) is 12.5 Å². The van der Waals surface area contributed by atoms with Gasteiger partial charge in [0.15, 0.2) is 0 Å². The van der Waals surface area contributed by atoms with Crippen molar-refractivity contribution in [2.45, 2.75) is 46.2 Å². The Labute approximate surface area is 114 Å². The molecule has 0 aromatic carbocycles. The molecule has 1 unspecified atom stereocenters. The first-order valence-corrected chi connectivity index (χ1v) is 7.29. The Hall–Kier alpha value is -0.870. The van der Waals surface area contributed by atoms with E-state index < -0.39 is 0 Å². The highest BCUT2D eigenvalue weighted by Gasteiger charge is 2.18. The molecule has 0 radical (unpaired) electrons. The van der Waals surface area contributed by atoms with E-state index in [0.717, 1.165) is 6.54 Å². The topological polar surface area (TPSA) is 32.3 Å². The number of carbonyl (C=O) groups is 1. The van der Waals surface area contributed by atoms with Crippen LogP contribution in [0, 0.1) is 6.92 Å². The zero-order valence-electron chi connectivity index (χ0n) is 12.0. The molecule has 1 aromatic rings. The van der Waals surface area contributed by atoms with Gasteiger partial charge in [-0.2, -0.15) is 0 Å². The Kier molecular flexibility index (Phi) is 5.82. The third-order valence-corrected chi connectivity index (χ3v) is 4.21. The largest absolute Gasteiger partial charge is 0.338 e. The minimum atomic E-state index is 0.162. The van der Waals surface area contributed by atoms with Gasteiger partial charge in [0, 0.05) is 35.8 Å². The van der Waals surface area contributed by atoms with Gasteiger partial charge >= 0.3 is 0 Å². The molecule has 1 N–H and O–H groups in total. The van der Waals surface area contributed by atoms with Gasteiger partial charge < -0.3 is 10.2 Å². The van der Waals surface area contributed by atoms with E-state index in [1.54, 1.807) is 11.3 Å². The van der Waals surface area contributed by atoms with Crippen LogP contribution >= 0.6 is 11.3 Å². The minimum absolute atomic E-state index is 0.162. The quantitative estimate of drug-likeness (QED) is 0.860. The van der Waals surface area contributed by atoms with Crippen molar-refractivity contribution in [1.82, 2.24) is 10.2 Å². The van der Waals surface area contributed by atoms with Crippen LogP contribution in [0.15, 0.2) is 12.1 Å². The van der Waals surface area contributed by atoms with Crippen LogP contribution in [0.5, 0.6) is 0 Å². The van der Waals surface area contributed by atoms with Crippen LogP contribution in [0.25, 0.3) is 0 Å². The van der Waals surface area contributed by atoms with Gasteiger partial charge in [0.25, 0.3) is 0 Å². The second-order valence-electron chi connectivity index (χ2n) is 4.99. The van der Waals surface area contributed by atoms with E-state index in [1.165, 1.54) is 9.75 Å². The zero-order valence-corrected chi connectivity index (χ0v) is 12.8. The molecule has 1 aromatic heterocycles. The van der Waals surface area contributed by atoms with Gasteiger partial charge in [-0.05, 0) is 26.0 Å². The molecule has 0 aliphatic rings. The van der Waals surface area contributed by atoms with Crippen LogP contribution in [0.3, 0.4) is 0 Å². The first-order valence-electron chi connectivity index (χ1n) is 6.47. The van der Waals surface area contributed by atoms with Gasteiger partial charge in [0.05, 0.1) is 6.04 Å². The maximum Gasteiger partial charge on any atom is 0.224 e. The Balaban J connectivity index is 2.47. The maximum absolute atomic E-state index is 12.0. The molecule has 0 aliphatic carbocycles. The Morgan fingerprint density at radius 1 is 1.39 bits per heavy atom. The van der Waals surface area contributed by atoms with Crippen LogP contribution in [0.1, 0.15) is 43.0 Å². The summed E-state index contributed by atoms with van der Waals surface area (Å²) in [5.74, 6) is 0.196. The summed E-state index contributed by atoms with van der Waals surface area (Å²) in [5.41, 5.74) is 0. The summed E-state index contributed by atoms with van der Waals surface area (Å²) in [6, 6.07) is 4.81. The molecular formula is C14H24N2OS. The zero-order chi connectivity index (χ0) is 13.7. The SMILES string of the molecule is Cc1ccc(C(C)N(C)C(=O)CCNC(C)C)s1. The minimum Gasteiger partial charge on any atom is -0.338 e. The number of carbonyl (C=O) groups excluding carboxylic acids is 1. The number of nitrogens with zero attached hydrogens (tertiary/aromatic N) is 1. The van der Waals surface area contributed by atoms with Crippen LogP contribution in [0.2, 0.25) is 0 Å². The molecule has 0 saturated heterocycles. The molecular weight excluding hydrogens is 244 g/mol. The molecule has 0 aliphatic heterocycles. The lowest BCUT2D eigenvalue weighted by Crippen LogP contribution is -2.33. The molecule has 0 bridgehead atoms. The van der Waals surface area contributed by atoms with E-state index in [1.807, 2.05) is 11.9 Å². The third-order valence-electron chi connectivity index (χ3n) is 3.04. The number of hydrogen-bond acceptors (Lipinski definition) is 3. The number of amides is 1. The lowest BCUT2D eigenvalue weighted by Gasteiger charge is -2.24. The Morgan fingerprint density at radius 2 is 2.06 bits per heavy atom. The summed E-state index contributed by atoms with van der Waals surface area (Å²) in [7, 11) is 1.89. The highest BCUT2D eigenvalue weighted by atomic mass is 32.1. The lowest BCUT2D eigenvalue weighted by molar-refractivity contribution is -0.131. The van der Waals surface area contributed by atoms with Crippen molar-refractivity contribution in [3.05, 3.63) is 21.9 Å². The first kappa shape index (κ1) is 15.2. The molecule has 0 fully saturated rings. The standard InChI is InChI=1S/C14H24N2OS/c1-10(2)15-9-8-14(17)16(5)12(4)13-7-6-11(3)18-13/h6-7,10,12,15H,8-9H2,1-5H3. The molecule has 0 saturated carbocycles. The van der Waals surface area contributed by atoms with Crippen molar-refractivity contribution in [1.29, 1.82) is 0 Å². The lowest BCUT2D eigenvalue weighted by atomic mass is 10.2. The van der Waals surface area contributed by atoms with E-state index in [-0.39, 0.29) is 11.9 Å². The number of rotatable bonds is 6. The van der Waals surface area contributed by atoms with E-state index in [9.17, 15) is 4.79 Å². The van der Waals surface area contributed by atoms with Crippen LogP contribution < -0.4 is 5.32 Å². The average Bonchev–Trinajstić information content (AvgIpc) is 2.73. The number of aryl methyl sites for hydroxylation is 1. The second-order valence-corrected chi connectivity index (χ2v) is 6.31. The summed E-state index contributed by atoms with van der Waals surface area (Å²) in [6.07, 6.45) is 0.559. The number of hydrogen-bond donors (Lipinski definition) is 1. The van der Waals surface area contributed by atoms with Crippen molar-refractivity contribution < 1.29 is 4.79 Å². The van der Waals surface area contributed by atoms with Gasteiger partial charge in [-0.1, -0.05) is 13.8 Å². The van der Waals surface area contributed by atoms with Gasteiger partial charge in [0.1, 0.15) is 0 Å². The van der Waals surface area contributed by atoms with E-state index >= 15 is 0 Å². The average molecular weight is 268 g/mol. The number of thiophene rings is 1. The predicted molar refractivity (Wildman–Crippen MR) is 78.0 cm³/mol. The summed E-state index contributed by atoms with van der Waals surface area (Å²) >= 11 is 1.76. The molecule has 1 heterocycles. The van der Waals surface area contributed by atoms with Crippen LogP contribution in [-0.4, -0.2) is 30.4 Å². The fraction of sp³-hybridized carbons (Fsp3) is 0.643. The first-order chi connectivity index (χ1) is 8.41. The van der Waals surface area contributed by atoms with Crippen molar-refractivity contribution in [2.75, 3.05) is 13.6 Å². The summed E-state index contributed by atoms with van der Waals surface area (Å²) in [6.45, 7) is 9.10. The van der Waals surface area contributed by atoms with Crippen molar-refractivity contribution in [3.8, 4) is 0 Å². The van der Waals surface area contributed by atoms with E-state index in [2.05, 4.69) is 45.1 Å². The van der Waals surface area contributed by atoms with Gasteiger partial charge in [-0.3, -0.25) is 4.79 Å². The molecule has 4 heteroatoms. The molecule has 1 amide bonds. The summed E-state index contributed by atoms with van der Waals surface area (Å²) in [5, 5.41) is 3.27. The van der Waals surface area contributed by atoms with Crippen LogP contribution in [0.4, 0.5) is 0 Å². The van der Waals surface area contributed by atoms with Crippen LogP contribution in [-0.2, 0) is 4.79 Å². The second kappa shape index (κ2) is 6.90. The molecule has 1 rings (SSSR count). The summed E-state index contributed by atoms with van der Waals surface area (Å²) in [4.78, 5) is 16.4. The number of nitrogens with one attached hydrogen (secondary N) is 1. The highest BCUT2D eigenvalue weighted by molar-refractivity contribution is 7.12. The Morgan fingerprint density at radius 3 is 2.56 bits per heavy atom. The van der Waals surface area contributed by atoms with Crippen molar-refractivity contribution in [3.63, 3.8) is 0 Å². The fourth-order valence-corrected chi connectivity index (χ4v) is 2.70. The molecule has 3 nitrogen and oxygen atoms in total. The Bertz CT molecular complexity index is 387. The molecule has 102 valence electrons. The predicted octanol–water partition coefficient (Wildman–Crippen LogP) is 2.96. The molecule has 0 spiro atoms. The van der Waals surface area contributed by atoms with Gasteiger partial charge in [-0.15, -0.1) is 11.3 Å². The monoisotopic (exact) mass is 268 g/mol. The van der Waals surface area contributed by atoms with Gasteiger partial charge in [-0.25, -0.2) is 0 Å². The fourth-order valence-electron chi connectivity index (χ4n) is 1.73.